The van der Waals surface area contributed by atoms with Crippen molar-refractivity contribution in [3.63, 3.8) is 0 Å². The van der Waals surface area contributed by atoms with Crippen LogP contribution in [0.4, 0.5) is 6.01 Å². The van der Waals surface area contributed by atoms with Gasteiger partial charge < -0.3 is 4.42 Å². The van der Waals surface area contributed by atoms with Crippen LogP contribution in [0.2, 0.25) is 0 Å². The number of anilines is 1. The van der Waals surface area contributed by atoms with Gasteiger partial charge in [0.15, 0.2) is 5.78 Å². The van der Waals surface area contributed by atoms with E-state index in [0.29, 0.717) is 5.89 Å². The van der Waals surface area contributed by atoms with E-state index in [0.717, 1.165) is 5.56 Å². The van der Waals surface area contributed by atoms with Gasteiger partial charge >= 0.3 is 6.01 Å². The molecular formula is C12H9N3O3. The molecule has 0 radical (unpaired) electrons. The second kappa shape index (κ2) is 4.06. The van der Waals surface area contributed by atoms with Gasteiger partial charge in [0, 0.05) is 5.56 Å². The Balaban J connectivity index is 1.91. The fraction of sp³-hybridized carbons (Fsp3) is 0.167. The van der Waals surface area contributed by atoms with Crippen LogP contribution in [-0.4, -0.2) is 28.4 Å². The van der Waals surface area contributed by atoms with Crippen LogP contribution >= 0.6 is 0 Å². The van der Waals surface area contributed by atoms with Crippen molar-refractivity contribution < 1.29 is 14.0 Å². The molecule has 1 saturated heterocycles. The molecule has 3 rings (SSSR count). The summed E-state index contributed by atoms with van der Waals surface area (Å²) in [5.74, 6) is -0.111. The molecule has 0 aliphatic carbocycles. The molecule has 2 heterocycles. The largest absolute Gasteiger partial charge is 0.403 e. The maximum Gasteiger partial charge on any atom is 0.325 e. The molecule has 1 fully saturated rings. The Bertz CT molecular complexity index is 606. The number of carbonyl (C=O) groups excluding carboxylic acids is 2. The Morgan fingerprint density at radius 2 is 1.89 bits per heavy atom. The molecule has 0 unspecified atom stereocenters. The van der Waals surface area contributed by atoms with Crippen molar-refractivity contribution in [3.8, 4) is 11.5 Å². The molecule has 18 heavy (non-hydrogen) atoms. The number of amides is 1. The highest BCUT2D eigenvalue weighted by molar-refractivity contribution is 6.14. The van der Waals surface area contributed by atoms with E-state index in [1.807, 2.05) is 30.3 Å². The summed E-state index contributed by atoms with van der Waals surface area (Å²) in [6.45, 7) is 0.00918. The number of rotatable bonds is 2. The van der Waals surface area contributed by atoms with Crippen molar-refractivity contribution >= 4 is 17.7 Å². The normalized spacial score (nSPS) is 15.4. The number of benzene rings is 1. The van der Waals surface area contributed by atoms with Crippen LogP contribution in [0.25, 0.3) is 11.5 Å². The van der Waals surface area contributed by atoms with Crippen molar-refractivity contribution in [2.45, 2.75) is 6.42 Å². The summed E-state index contributed by atoms with van der Waals surface area (Å²) < 4.78 is 5.40. The van der Waals surface area contributed by atoms with E-state index in [2.05, 4.69) is 10.2 Å². The van der Waals surface area contributed by atoms with Gasteiger partial charge in [-0.05, 0) is 12.1 Å². The van der Waals surface area contributed by atoms with Gasteiger partial charge in [0.05, 0.1) is 13.0 Å². The third-order valence-corrected chi connectivity index (χ3v) is 2.65. The summed E-state index contributed by atoms with van der Waals surface area (Å²) in [5, 5.41) is 7.66. The first-order chi connectivity index (χ1) is 8.74. The Morgan fingerprint density at radius 1 is 1.11 bits per heavy atom. The zero-order valence-corrected chi connectivity index (χ0v) is 9.37. The van der Waals surface area contributed by atoms with Gasteiger partial charge in [-0.2, -0.15) is 0 Å². The number of hydrogen-bond acceptors (Lipinski definition) is 5. The van der Waals surface area contributed by atoms with Crippen molar-refractivity contribution in [1.82, 2.24) is 10.2 Å². The number of hydrogen-bond donors (Lipinski definition) is 0. The molecule has 0 N–H and O–H groups in total. The fourth-order valence-corrected chi connectivity index (χ4v) is 1.78. The fourth-order valence-electron chi connectivity index (χ4n) is 1.78. The van der Waals surface area contributed by atoms with Crippen LogP contribution in [0.3, 0.4) is 0 Å². The molecule has 0 saturated carbocycles. The topological polar surface area (TPSA) is 76.3 Å². The third kappa shape index (κ3) is 1.77. The number of ketones is 1. The Kier molecular flexibility index (Phi) is 2.40. The zero-order valence-electron chi connectivity index (χ0n) is 9.37. The summed E-state index contributed by atoms with van der Waals surface area (Å²) in [4.78, 5) is 23.9. The standard InChI is InChI=1S/C12H9N3O3/c16-9-6-10(17)15(7-9)12-14-13-11(18-12)8-4-2-1-3-5-8/h1-5H,6-7H2. The van der Waals surface area contributed by atoms with Crippen LogP contribution in [-0.2, 0) is 9.59 Å². The number of Topliss-reactive ketones (excluding diaryl/α,β-unsaturated/α-hetero) is 1. The Morgan fingerprint density at radius 3 is 2.56 bits per heavy atom. The molecule has 6 heteroatoms. The SMILES string of the molecule is O=C1CC(=O)N(c2nnc(-c3ccccc3)o2)C1. The second-order valence-electron chi connectivity index (χ2n) is 3.95. The van der Waals surface area contributed by atoms with Crippen molar-refractivity contribution in [1.29, 1.82) is 0 Å². The summed E-state index contributed by atoms with van der Waals surface area (Å²) in [6.07, 6.45) is -0.0942. The van der Waals surface area contributed by atoms with E-state index >= 15 is 0 Å². The summed E-state index contributed by atoms with van der Waals surface area (Å²) in [6, 6.07) is 9.31. The molecule has 90 valence electrons. The monoisotopic (exact) mass is 243 g/mol. The van der Waals surface area contributed by atoms with Gasteiger partial charge in [0.1, 0.15) is 0 Å². The molecule has 1 aliphatic heterocycles. The smallest absolute Gasteiger partial charge is 0.325 e. The molecule has 6 nitrogen and oxygen atoms in total. The highest BCUT2D eigenvalue weighted by Crippen LogP contribution is 2.23. The van der Waals surface area contributed by atoms with Gasteiger partial charge in [0.25, 0.3) is 0 Å². The molecule has 1 amide bonds. The van der Waals surface area contributed by atoms with E-state index in [-0.39, 0.29) is 30.7 Å². The van der Waals surface area contributed by atoms with E-state index in [4.69, 9.17) is 4.42 Å². The van der Waals surface area contributed by atoms with Crippen molar-refractivity contribution in [3.05, 3.63) is 30.3 Å². The molecule has 1 aliphatic rings. The third-order valence-electron chi connectivity index (χ3n) is 2.65. The van der Waals surface area contributed by atoms with Crippen LogP contribution in [0.5, 0.6) is 0 Å². The summed E-state index contributed by atoms with van der Waals surface area (Å²) in [5.41, 5.74) is 0.772. The Labute approximate surface area is 102 Å². The minimum Gasteiger partial charge on any atom is -0.403 e. The predicted molar refractivity (Wildman–Crippen MR) is 61.7 cm³/mol. The lowest BCUT2D eigenvalue weighted by Gasteiger charge is -2.06. The minimum atomic E-state index is -0.303. The first-order valence-corrected chi connectivity index (χ1v) is 5.45. The molecule has 0 bridgehead atoms. The van der Waals surface area contributed by atoms with E-state index in [9.17, 15) is 9.59 Å². The molecule has 2 aromatic rings. The average Bonchev–Trinajstić information content (AvgIpc) is 2.97. The molecule has 1 aromatic heterocycles. The van der Waals surface area contributed by atoms with Crippen molar-refractivity contribution in [2.24, 2.45) is 0 Å². The van der Waals surface area contributed by atoms with E-state index in [1.54, 1.807) is 0 Å². The van der Waals surface area contributed by atoms with Gasteiger partial charge in [-0.1, -0.05) is 23.3 Å². The summed E-state index contributed by atoms with van der Waals surface area (Å²) in [7, 11) is 0. The van der Waals surface area contributed by atoms with E-state index in [1.165, 1.54) is 4.90 Å². The van der Waals surface area contributed by atoms with Crippen LogP contribution in [0.1, 0.15) is 6.42 Å². The molecule has 0 atom stereocenters. The molecule has 0 spiro atoms. The number of aromatic nitrogens is 2. The zero-order chi connectivity index (χ0) is 12.5. The van der Waals surface area contributed by atoms with Crippen molar-refractivity contribution in [2.75, 3.05) is 11.4 Å². The number of nitrogens with zero attached hydrogens (tertiary/aromatic N) is 3. The van der Waals surface area contributed by atoms with Crippen LogP contribution < -0.4 is 4.90 Å². The van der Waals surface area contributed by atoms with Gasteiger partial charge in [0.2, 0.25) is 11.8 Å². The van der Waals surface area contributed by atoms with Crippen LogP contribution in [0, 0.1) is 0 Å². The van der Waals surface area contributed by atoms with Gasteiger partial charge in [-0.15, -0.1) is 5.10 Å². The number of carbonyl (C=O) groups is 2. The average molecular weight is 243 g/mol. The lowest BCUT2D eigenvalue weighted by molar-refractivity contribution is -0.121. The Hall–Kier alpha value is -2.50. The molecular weight excluding hydrogens is 234 g/mol. The molecule has 1 aromatic carbocycles. The second-order valence-corrected chi connectivity index (χ2v) is 3.95. The highest BCUT2D eigenvalue weighted by Gasteiger charge is 2.32. The minimum absolute atomic E-state index is 0.00918. The van der Waals surface area contributed by atoms with Gasteiger partial charge in [-0.25, -0.2) is 0 Å². The lowest BCUT2D eigenvalue weighted by Crippen LogP contribution is -2.24. The quantitative estimate of drug-likeness (QED) is 0.736. The summed E-state index contributed by atoms with van der Waals surface area (Å²) >= 11 is 0. The first kappa shape index (κ1) is 10.6. The predicted octanol–water partition coefficient (Wildman–Crippen LogP) is 1.04. The maximum absolute atomic E-state index is 11.5. The highest BCUT2D eigenvalue weighted by atomic mass is 16.4. The first-order valence-electron chi connectivity index (χ1n) is 5.45. The van der Waals surface area contributed by atoms with Crippen LogP contribution in [0.15, 0.2) is 34.7 Å². The van der Waals surface area contributed by atoms with Gasteiger partial charge in [-0.3, -0.25) is 14.5 Å². The maximum atomic E-state index is 11.5. The van der Waals surface area contributed by atoms with E-state index < -0.39 is 0 Å². The lowest BCUT2D eigenvalue weighted by atomic mass is 10.2.